The Morgan fingerprint density at radius 2 is 1.85 bits per heavy atom. The summed E-state index contributed by atoms with van der Waals surface area (Å²) in [6.07, 6.45) is 0. The summed E-state index contributed by atoms with van der Waals surface area (Å²) in [6.45, 7) is 0.418. The highest BCUT2D eigenvalue weighted by Gasteiger charge is 2.14. The van der Waals surface area contributed by atoms with Crippen LogP contribution in [0.25, 0.3) is 0 Å². The highest BCUT2D eigenvalue weighted by atomic mass is 16.5. The van der Waals surface area contributed by atoms with Crippen LogP contribution >= 0.6 is 0 Å². The van der Waals surface area contributed by atoms with E-state index >= 15 is 0 Å². The molecule has 20 heavy (non-hydrogen) atoms. The minimum absolute atomic E-state index is 0.0456. The van der Waals surface area contributed by atoms with Crippen molar-refractivity contribution in [3.63, 3.8) is 0 Å². The van der Waals surface area contributed by atoms with Gasteiger partial charge < -0.3 is 14.7 Å². The molecular formula is C16H17NO3. The van der Waals surface area contributed by atoms with Crippen molar-refractivity contribution >= 4 is 5.91 Å². The summed E-state index contributed by atoms with van der Waals surface area (Å²) in [7, 11) is 3.28. The maximum atomic E-state index is 11.9. The Morgan fingerprint density at radius 1 is 1.15 bits per heavy atom. The molecule has 0 radical (unpaired) electrons. The molecule has 0 spiro atoms. The molecule has 0 unspecified atom stereocenters. The first-order chi connectivity index (χ1) is 9.58. The number of aromatic hydroxyl groups is 1. The van der Waals surface area contributed by atoms with Gasteiger partial charge in [-0.25, -0.2) is 0 Å². The van der Waals surface area contributed by atoms with Crippen molar-refractivity contribution in [1.82, 2.24) is 4.90 Å². The molecule has 0 saturated heterocycles. The number of hydrogen-bond acceptors (Lipinski definition) is 3. The van der Waals surface area contributed by atoms with Crippen molar-refractivity contribution < 1.29 is 14.6 Å². The fourth-order valence-corrected chi connectivity index (χ4v) is 1.76. The molecule has 0 aliphatic rings. The van der Waals surface area contributed by atoms with Crippen LogP contribution in [0.2, 0.25) is 0 Å². The molecule has 104 valence electrons. The summed E-state index contributed by atoms with van der Waals surface area (Å²) in [4.78, 5) is 13.3. The topological polar surface area (TPSA) is 49.8 Å². The van der Waals surface area contributed by atoms with Gasteiger partial charge in [-0.1, -0.05) is 30.3 Å². The number of nitrogens with zero attached hydrogens (tertiary/aromatic N) is 1. The average molecular weight is 271 g/mol. The number of benzene rings is 2. The van der Waals surface area contributed by atoms with Crippen molar-refractivity contribution in [2.75, 3.05) is 14.1 Å². The van der Waals surface area contributed by atoms with E-state index in [-0.39, 0.29) is 17.2 Å². The number of hydrogen-bond donors (Lipinski definition) is 1. The Balaban J connectivity index is 2.13. The van der Waals surface area contributed by atoms with Crippen molar-refractivity contribution in [1.29, 1.82) is 0 Å². The molecule has 1 N–H and O–H groups in total. The lowest BCUT2D eigenvalue weighted by Gasteiger charge is -2.13. The van der Waals surface area contributed by atoms with Crippen LogP contribution in [-0.4, -0.2) is 30.0 Å². The number of ether oxygens (including phenoxy) is 1. The van der Waals surface area contributed by atoms with E-state index in [0.717, 1.165) is 5.56 Å². The summed E-state index contributed by atoms with van der Waals surface area (Å²) >= 11 is 0. The zero-order valence-corrected chi connectivity index (χ0v) is 11.5. The number of rotatable bonds is 4. The Hall–Kier alpha value is -2.49. The lowest BCUT2D eigenvalue weighted by molar-refractivity contribution is 0.0824. The van der Waals surface area contributed by atoms with Crippen LogP contribution < -0.4 is 4.74 Å². The third-order valence-corrected chi connectivity index (χ3v) is 2.85. The predicted molar refractivity (Wildman–Crippen MR) is 76.9 cm³/mol. The molecule has 2 aromatic carbocycles. The largest absolute Gasteiger partial charge is 0.507 e. The first-order valence-electron chi connectivity index (χ1n) is 6.29. The standard InChI is InChI=1S/C16H17NO3/c1-17(2)16(19)14-10-13(8-9-15(14)18)20-11-12-6-4-3-5-7-12/h3-10,18H,11H2,1-2H3. The number of phenolic OH excluding ortho intramolecular Hbond substituents is 1. The van der Waals surface area contributed by atoms with Gasteiger partial charge in [-0.3, -0.25) is 4.79 Å². The lowest BCUT2D eigenvalue weighted by Crippen LogP contribution is -2.21. The van der Waals surface area contributed by atoms with Crippen LogP contribution in [-0.2, 0) is 6.61 Å². The Labute approximate surface area is 118 Å². The molecule has 4 heteroatoms. The summed E-state index contributed by atoms with van der Waals surface area (Å²) in [5, 5.41) is 9.74. The fraction of sp³-hybridized carbons (Fsp3) is 0.188. The van der Waals surface area contributed by atoms with Gasteiger partial charge in [0.05, 0.1) is 5.56 Å². The van der Waals surface area contributed by atoms with Crippen molar-refractivity contribution in [3.05, 3.63) is 59.7 Å². The number of phenols is 1. The first kappa shape index (κ1) is 13.9. The SMILES string of the molecule is CN(C)C(=O)c1cc(OCc2ccccc2)ccc1O. The van der Waals surface area contributed by atoms with E-state index in [1.165, 1.54) is 11.0 Å². The van der Waals surface area contributed by atoms with Crippen LogP contribution in [0.4, 0.5) is 0 Å². The molecule has 0 aromatic heterocycles. The van der Waals surface area contributed by atoms with Gasteiger partial charge in [-0.05, 0) is 23.8 Å². The van der Waals surface area contributed by atoms with E-state index in [1.807, 2.05) is 30.3 Å². The molecule has 2 aromatic rings. The van der Waals surface area contributed by atoms with Gasteiger partial charge in [0.2, 0.25) is 0 Å². The third-order valence-electron chi connectivity index (χ3n) is 2.85. The second kappa shape index (κ2) is 6.10. The molecule has 1 amide bonds. The van der Waals surface area contributed by atoms with E-state index in [1.54, 1.807) is 26.2 Å². The number of carbonyl (C=O) groups excluding carboxylic acids is 1. The molecule has 0 atom stereocenters. The summed E-state index contributed by atoms with van der Waals surface area (Å²) in [5.74, 6) is 0.250. The van der Waals surface area contributed by atoms with E-state index in [0.29, 0.717) is 12.4 Å². The minimum atomic E-state index is -0.257. The zero-order valence-electron chi connectivity index (χ0n) is 11.5. The highest BCUT2D eigenvalue weighted by Crippen LogP contribution is 2.24. The molecule has 0 fully saturated rings. The highest BCUT2D eigenvalue weighted by molar-refractivity contribution is 5.96. The van der Waals surface area contributed by atoms with Gasteiger partial charge in [0.15, 0.2) is 0 Å². The van der Waals surface area contributed by atoms with Gasteiger partial charge in [-0.15, -0.1) is 0 Å². The van der Waals surface area contributed by atoms with E-state index < -0.39 is 0 Å². The van der Waals surface area contributed by atoms with Crippen LogP contribution in [0.5, 0.6) is 11.5 Å². The average Bonchev–Trinajstić information content (AvgIpc) is 2.46. The van der Waals surface area contributed by atoms with Crippen LogP contribution in [0.15, 0.2) is 48.5 Å². The molecule has 2 rings (SSSR count). The van der Waals surface area contributed by atoms with Crippen molar-refractivity contribution in [2.45, 2.75) is 6.61 Å². The smallest absolute Gasteiger partial charge is 0.257 e. The summed E-state index contributed by atoms with van der Waals surface area (Å²) in [5.41, 5.74) is 1.28. The molecular weight excluding hydrogens is 254 g/mol. The van der Waals surface area contributed by atoms with E-state index in [9.17, 15) is 9.90 Å². The quantitative estimate of drug-likeness (QED) is 0.930. The normalized spacial score (nSPS) is 10.1. The van der Waals surface area contributed by atoms with E-state index in [2.05, 4.69) is 0 Å². The fourth-order valence-electron chi connectivity index (χ4n) is 1.76. The monoisotopic (exact) mass is 271 g/mol. The Morgan fingerprint density at radius 3 is 2.50 bits per heavy atom. The molecule has 0 aliphatic heterocycles. The van der Waals surface area contributed by atoms with Gasteiger partial charge in [0, 0.05) is 14.1 Å². The Bertz CT molecular complexity index is 594. The molecule has 0 aliphatic carbocycles. The van der Waals surface area contributed by atoms with Crippen LogP contribution in [0, 0.1) is 0 Å². The predicted octanol–water partition coefficient (Wildman–Crippen LogP) is 2.67. The minimum Gasteiger partial charge on any atom is -0.507 e. The van der Waals surface area contributed by atoms with E-state index in [4.69, 9.17) is 4.74 Å². The summed E-state index contributed by atoms with van der Waals surface area (Å²) < 4.78 is 5.64. The maximum Gasteiger partial charge on any atom is 0.257 e. The maximum absolute atomic E-state index is 11.9. The second-order valence-electron chi connectivity index (χ2n) is 4.65. The molecule has 0 heterocycles. The summed E-state index contributed by atoms with van der Waals surface area (Å²) in [6, 6.07) is 14.4. The zero-order chi connectivity index (χ0) is 14.5. The second-order valence-corrected chi connectivity index (χ2v) is 4.65. The van der Waals surface area contributed by atoms with Crippen LogP contribution in [0.3, 0.4) is 0 Å². The number of carbonyl (C=O) groups is 1. The van der Waals surface area contributed by atoms with Gasteiger partial charge in [0.1, 0.15) is 18.1 Å². The van der Waals surface area contributed by atoms with Crippen molar-refractivity contribution in [2.24, 2.45) is 0 Å². The van der Waals surface area contributed by atoms with Crippen LogP contribution in [0.1, 0.15) is 15.9 Å². The van der Waals surface area contributed by atoms with Crippen molar-refractivity contribution in [3.8, 4) is 11.5 Å². The molecule has 0 bridgehead atoms. The third kappa shape index (κ3) is 3.29. The Kier molecular flexibility index (Phi) is 4.25. The molecule has 0 saturated carbocycles. The van der Waals surface area contributed by atoms with Gasteiger partial charge >= 0.3 is 0 Å². The van der Waals surface area contributed by atoms with Gasteiger partial charge in [-0.2, -0.15) is 0 Å². The molecule has 4 nitrogen and oxygen atoms in total. The number of amides is 1. The van der Waals surface area contributed by atoms with Gasteiger partial charge in [0.25, 0.3) is 5.91 Å². The first-order valence-corrected chi connectivity index (χ1v) is 6.29. The lowest BCUT2D eigenvalue weighted by atomic mass is 10.1.